The predicted octanol–water partition coefficient (Wildman–Crippen LogP) is 2.15. The molecule has 0 heterocycles. The molecule has 18 heavy (non-hydrogen) atoms. The van der Waals surface area contributed by atoms with Crippen LogP contribution in [0, 0.1) is 0 Å². The van der Waals surface area contributed by atoms with Crippen molar-refractivity contribution in [1.82, 2.24) is 0 Å². The third kappa shape index (κ3) is 2.97. The molecule has 3 nitrogen and oxygen atoms in total. The number of hydrogen-bond acceptors (Lipinski definition) is 3. The standard InChI is InChI=1S/C14H14O3S/c15-10-12-6-8-13(9-7-12)11-18(16,17)14-4-2-1-3-5-14/h1-9,15H,10-11H2. The molecule has 0 atom stereocenters. The van der Waals surface area contributed by atoms with Crippen molar-refractivity contribution in [3.8, 4) is 0 Å². The van der Waals surface area contributed by atoms with Crippen LogP contribution in [0.1, 0.15) is 11.1 Å². The smallest absolute Gasteiger partial charge is 0.182 e. The fourth-order valence-corrected chi connectivity index (χ4v) is 3.04. The summed E-state index contributed by atoms with van der Waals surface area (Å²) in [5.74, 6) is -0.0251. The summed E-state index contributed by atoms with van der Waals surface area (Å²) in [7, 11) is -3.30. The molecule has 0 fully saturated rings. The van der Waals surface area contributed by atoms with Crippen LogP contribution in [0.15, 0.2) is 59.5 Å². The molecule has 0 amide bonds. The average molecular weight is 262 g/mol. The zero-order valence-electron chi connectivity index (χ0n) is 9.78. The van der Waals surface area contributed by atoms with E-state index in [0.29, 0.717) is 4.90 Å². The van der Waals surface area contributed by atoms with Crippen molar-refractivity contribution >= 4 is 9.84 Å². The normalized spacial score (nSPS) is 11.4. The molecule has 4 heteroatoms. The molecule has 0 aliphatic carbocycles. The van der Waals surface area contributed by atoms with Crippen molar-refractivity contribution < 1.29 is 13.5 Å². The van der Waals surface area contributed by atoms with Crippen LogP contribution in [0.3, 0.4) is 0 Å². The van der Waals surface area contributed by atoms with Crippen molar-refractivity contribution in [3.63, 3.8) is 0 Å². The van der Waals surface area contributed by atoms with Crippen molar-refractivity contribution in [2.24, 2.45) is 0 Å². The Morgan fingerprint density at radius 2 is 1.39 bits per heavy atom. The van der Waals surface area contributed by atoms with Crippen molar-refractivity contribution in [2.45, 2.75) is 17.3 Å². The summed E-state index contributed by atoms with van der Waals surface area (Å²) in [6.07, 6.45) is 0. The van der Waals surface area contributed by atoms with Gasteiger partial charge in [-0.2, -0.15) is 0 Å². The summed E-state index contributed by atoms with van der Waals surface area (Å²) in [5, 5.41) is 8.92. The predicted molar refractivity (Wildman–Crippen MR) is 69.7 cm³/mol. The molecule has 94 valence electrons. The number of hydrogen-bond donors (Lipinski definition) is 1. The van der Waals surface area contributed by atoms with Gasteiger partial charge in [-0.25, -0.2) is 8.42 Å². The van der Waals surface area contributed by atoms with E-state index in [-0.39, 0.29) is 12.4 Å². The number of benzene rings is 2. The van der Waals surface area contributed by atoms with Crippen LogP contribution in [0.2, 0.25) is 0 Å². The van der Waals surface area contributed by atoms with E-state index >= 15 is 0 Å². The number of aliphatic hydroxyl groups excluding tert-OH is 1. The van der Waals surface area contributed by atoms with Gasteiger partial charge < -0.3 is 5.11 Å². The van der Waals surface area contributed by atoms with Gasteiger partial charge >= 0.3 is 0 Å². The molecule has 0 radical (unpaired) electrons. The highest BCUT2D eigenvalue weighted by molar-refractivity contribution is 7.90. The Bertz CT molecular complexity index is 601. The van der Waals surface area contributed by atoms with Gasteiger partial charge in [-0.15, -0.1) is 0 Å². The van der Waals surface area contributed by atoms with Crippen LogP contribution in [0.5, 0.6) is 0 Å². The SMILES string of the molecule is O=S(=O)(Cc1ccc(CO)cc1)c1ccccc1. The summed E-state index contributed by atoms with van der Waals surface area (Å²) in [6.45, 7) is -0.0360. The Hall–Kier alpha value is -1.65. The Morgan fingerprint density at radius 1 is 0.833 bits per heavy atom. The second kappa shape index (κ2) is 5.33. The minimum Gasteiger partial charge on any atom is -0.392 e. The van der Waals surface area contributed by atoms with Crippen molar-refractivity contribution in [3.05, 3.63) is 65.7 Å². The molecular formula is C14H14O3S. The average Bonchev–Trinajstić information content (AvgIpc) is 2.40. The molecular weight excluding hydrogens is 248 g/mol. The van der Waals surface area contributed by atoms with Gasteiger partial charge in [0.05, 0.1) is 17.3 Å². The zero-order chi connectivity index (χ0) is 13.0. The molecule has 0 spiro atoms. The van der Waals surface area contributed by atoms with Gasteiger partial charge in [-0.3, -0.25) is 0 Å². The number of sulfone groups is 1. The highest BCUT2D eigenvalue weighted by atomic mass is 32.2. The van der Waals surface area contributed by atoms with Gasteiger partial charge in [0.15, 0.2) is 9.84 Å². The Labute approximate surface area is 107 Å². The molecule has 0 aliphatic rings. The fourth-order valence-electron chi connectivity index (χ4n) is 1.67. The summed E-state index contributed by atoms with van der Waals surface area (Å²) in [5.41, 5.74) is 1.49. The lowest BCUT2D eigenvalue weighted by atomic mass is 10.2. The van der Waals surface area contributed by atoms with Crippen molar-refractivity contribution in [2.75, 3.05) is 0 Å². The minimum atomic E-state index is -3.30. The first-order chi connectivity index (χ1) is 8.62. The molecule has 0 bridgehead atoms. The summed E-state index contributed by atoms with van der Waals surface area (Å²) in [4.78, 5) is 0.330. The third-order valence-corrected chi connectivity index (χ3v) is 4.37. The van der Waals surface area contributed by atoms with Gasteiger partial charge in [-0.1, -0.05) is 42.5 Å². The maximum Gasteiger partial charge on any atom is 0.182 e. The topological polar surface area (TPSA) is 54.4 Å². The highest BCUT2D eigenvalue weighted by Gasteiger charge is 2.14. The summed E-state index contributed by atoms with van der Waals surface area (Å²) >= 11 is 0. The van der Waals surface area contributed by atoms with Gasteiger partial charge in [0.1, 0.15) is 0 Å². The lowest BCUT2D eigenvalue weighted by molar-refractivity contribution is 0.282. The Balaban J connectivity index is 2.22. The van der Waals surface area contributed by atoms with E-state index in [4.69, 9.17) is 5.11 Å². The first kappa shape index (κ1) is 12.8. The van der Waals surface area contributed by atoms with Gasteiger partial charge in [-0.05, 0) is 23.3 Å². The van der Waals surface area contributed by atoms with Crippen LogP contribution >= 0.6 is 0 Å². The van der Waals surface area contributed by atoms with E-state index in [1.165, 1.54) is 0 Å². The highest BCUT2D eigenvalue weighted by Crippen LogP contribution is 2.16. The molecule has 2 rings (SSSR count). The lowest BCUT2D eigenvalue weighted by Gasteiger charge is -2.05. The molecule has 0 saturated carbocycles. The van der Waals surface area contributed by atoms with Gasteiger partial charge in [0.2, 0.25) is 0 Å². The van der Waals surface area contributed by atoms with E-state index in [1.54, 1.807) is 54.6 Å². The largest absolute Gasteiger partial charge is 0.392 e. The Kier molecular flexibility index (Phi) is 3.79. The molecule has 2 aromatic rings. The summed E-state index contributed by atoms with van der Waals surface area (Å²) in [6, 6.07) is 15.3. The molecule has 2 aromatic carbocycles. The molecule has 1 N–H and O–H groups in total. The lowest BCUT2D eigenvalue weighted by Crippen LogP contribution is -2.04. The second-order valence-corrected chi connectivity index (χ2v) is 6.04. The van der Waals surface area contributed by atoms with E-state index in [0.717, 1.165) is 11.1 Å². The first-order valence-electron chi connectivity index (χ1n) is 5.58. The number of rotatable bonds is 4. The van der Waals surface area contributed by atoms with Crippen LogP contribution in [0.4, 0.5) is 0 Å². The van der Waals surface area contributed by atoms with E-state index in [2.05, 4.69) is 0 Å². The monoisotopic (exact) mass is 262 g/mol. The van der Waals surface area contributed by atoms with Crippen LogP contribution in [0.25, 0.3) is 0 Å². The fraction of sp³-hybridized carbons (Fsp3) is 0.143. The van der Waals surface area contributed by atoms with Crippen molar-refractivity contribution in [1.29, 1.82) is 0 Å². The van der Waals surface area contributed by atoms with Crippen LogP contribution in [-0.2, 0) is 22.2 Å². The molecule has 0 aliphatic heterocycles. The number of aliphatic hydroxyl groups is 1. The molecule has 0 saturated heterocycles. The quantitative estimate of drug-likeness (QED) is 0.918. The van der Waals surface area contributed by atoms with Gasteiger partial charge in [0, 0.05) is 0 Å². The maximum atomic E-state index is 12.1. The minimum absolute atomic E-state index is 0.0251. The first-order valence-corrected chi connectivity index (χ1v) is 7.23. The van der Waals surface area contributed by atoms with E-state index in [9.17, 15) is 8.42 Å². The Morgan fingerprint density at radius 3 is 1.94 bits per heavy atom. The second-order valence-electron chi connectivity index (χ2n) is 4.05. The third-order valence-electron chi connectivity index (χ3n) is 2.66. The van der Waals surface area contributed by atoms with Crippen LogP contribution < -0.4 is 0 Å². The maximum absolute atomic E-state index is 12.1. The van der Waals surface area contributed by atoms with E-state index < -0.39 is 9.84 Å². The molecule has 0 unspecified atom stereocenters. The van der Waals surface area contributed by atoms with Gasteiger partial charge in [0.25, 0.3) is 0 Å². The zero-order valence-corrected chi connectivity index (χ0v) is 10.6. The van der Waals surface area contributed by atoms with Crippen LogP contribution in [-0.4, -0.2) is 13.5 Å². The van der Waals surface area contributed by atoms with E-state index in [1.807, 2.05) is 0 Å². The molecule has 0 aromatic heterocycles. The summed E-state index contributed by atoms with van der Waals surface area (Å²) < 4.78 is 24.2.